The van der Waals surface area contributed by atoms with Crippen LogP contribution in [0.15, 0.2) is 54.6 Å². The predicted octanol–water partition coefficient (Wildman–Crippen LogP) is 3.31. The topological polar surface area (TPSA) is 88.6 Å². The SMILES string of the molecule is CN(C)c1ccc(NC(=O)c2ccc(Nc3ccc4c(c3)OCCO4)nn2)cc1. The summed E-state index contributed by atoms with van der Waals surface area (Å²) >= 11 is 0. The van der Waals surface area contributed by atoms with E-state index in [1.165, 1.54) is 0 Å². The molecule has 0 fully saturated rings. The average Bonchev–Trinajstić information content (AvgIpc) is 2.74. The van der Waals surface area contributed by atoms with Gasteiger partial charge in [-0.2, -0.15) is 0 Å². The number of anilines is 4. The van der Waals surface area contributed by atoms with Crippen molar-refractivity contribution in [1.82, 2.24) is 10.2 Å². The molecule has 0 atom stereocenters. The Kier molecular flexibility index (Phi) is 5.15. The van der Waals surface area contributed by atoms with Crippen LogP contribution in [0.5, 0.6) is 11.5 Å². The van der Waals surface area contributed by atoms with Gasteiger partial charge in [-0.1, -0.05) is 0 Å². The number of hydrogen-bond acceptors (Lipinski definition) is 7. The van der Waals surface area contributed by atoms with E-state index in [0.717, 1.165) is 17.1 Å². The van der Waals surface area contributed by atoms with E-state index in [9.17, 15) is 4.79 Å². The van der Waals surface area contributed by atoms with Crippen LogP contribution in [0.3, 0.4) is 0 Å². The van der Waals surface area contributed by atoms with Crippen molar-refractivity contribution in [2.75, 3.05) is 42.8 Å². The summed E-state index contributed by atoms with van der Waals surface area (Å²) in [5.74, 6) is 1.61. The number of fused-ring (bicyclic) bond motifs is 1. The minimum atomic E-state index is -0.319. The first-order chi connectivity index (χ1) is 14.1. The van der Waals surface area contributed by atoms with Crippen molar-refractivity contribution >= 4 is 28.8 Å². The van der Waals surface area contributed by atoms with Crippen molar-refractivity contribution in [2.24, 2.45) is 0 Å². The maximum absolute atomic E-state index is 12.4. The van der Waals surface area contributed by atoms with Crippen molar-refractivity contribution in [1.29, 1.82) is 0 Å². The van der Waals surface area contributed by atoms with Crippen molar-refractivity contribution in [2.45, 2.75) is 0 Å². The molecule has 8 heteroatoms. The molecule has 0 spiro atoms. The molecule has 0 bridgehead atoms. The third kappa shape index (κ3) is 4.37. The third-order valence-electron chi connectivity index (χ3n) is 4.35. The first kappa shape index (κ1) is 18.5. The number of ether oxygens (including phenoxy) is 2. The highest BCUT2D eigenvalue weighted by Gasteiger charge is 2.13. The Morgan fingerprint density at radius 3 is 2.31 bits per heavy atom. The quantitative estimate of drug-likeness (QED) is 0.690. The monoisotopic (exact) mass is 391 g/mol. The van der Waals surface area contributed by atoms with Crippen molar-refractivity contribution in [3.8, 4) is 11.5 Å². The lowest BCUT2D eigenvalue weighted by atomic mass is 10.2. The standard InChI is InChI=1S/C21H21N5O3/c1-26(2)16-6-3-14(4-7-16)23-21(27)17-8-10-20(25-24-17)22-15-5-9-18-19(13-15)29-12-11-28-18/h3-10,13H,11-12H2,1-2H3,(H,22,25)(H,23,27). The first-order valence-corrected chi connectivity index (χ1v) is 9.18. The van der Waals surface area contributed by atoms with Gasteiger partial charge in [-0.3, -0.25) is 4.79 Å². The normalized spacial score (nSPS) is 12.2. The Morgan fingerprint density at radius 1 is 0.897 bits per heavy atom. The average molecular weight is 391 g/mol. The van der Waals surface area contributed by atoms with E-state index in [1.807, 2.05) is 61.5 Å². The fourth-order valence-corrected chi connectivity index (χ4v) is 2.83. The second-order valence-electron chi connectivity index (χ2n) is 6.68. The minimum absolute atomic E-state index is 0.231. The van der Waals surface area contributed by atoms with Gasteiger partial charge in [-0.15, -0.1) is 10.2 Å². The second kappa shape index (κ2) is 8.05. The van der Waals surface area contributed by atoms with Gasteiger partial charge in [0.05, 0.1) is 0 Å². The zero-order valence-electron chi connectivity index (χ0n) is 16.2. The molecule has 2 N–H and O–H groups in total. The number of benzene rings is 2. The highest BCUT2D eigenvalue weighted by Crippen LogP contribution is 2.33. The minimum Gasteiger partial charge on any atom is -0.486 e. The van der Waals surface area contributed by atoms with Crippen LogP contribution < -0.4 is 25.0 Å². The van der Waals surface area contributed by atoms with Gasteiger partial charge in [0.25, 0.3) is 5.91 Å². The summed E-state index contributed by atoms with van der Waals surface area (Å²) in [4.78, 5) is 14.4. The Bertz CT molecular complexity index is 1000. The first-order valence-electron chi connectivity index (χ1n) is 9.18. The van der Waals surface area contributed by atoms with Crippen molar-refractivity contribution in [3.05, 3.63) is 60.3 Å². The molecule has 8 nitrogen and oxygen atoms in total. The number of carbonyl (C=O) groups excluding carboxylic acids is 1. The molecule has 0 aliphatic carbocycles. The molecule has 0 saturated heterocycles. The van der Waals surface area contributed by atoms with Crippen LogP contribution in [0.1, 0.15) is 10.5 Å². The lowest BCUT2D eigenvalue weighted by Gasteiger charge is -2.19. The maximum Gasteiger partial charge on any atom is 0.276 e. The Morgan fingerprint density at radius 2 is 1.62 bits per heavy atom. The van der Waals surface area contributed by atoms with Crippen LogP contribution in [0, 0.1) is 0 Å². The molecular formula is C21H21N5O3. The molecule has 0 saturated carbocycles. The highest BCUT2D eigenvalue weighted by molar-refractivity contribution is 6.02. The van der Waals surface area contributed by atoms with Gasteiger partial charge in [0, 0.05) is 37.2 Å². The van der Waals surface area contributed by atoms with Gasteiger partial charge in [-0.05, 0) is 48.5 Å². The number of rotatable bonds is 5. The van der Waals surface area contributed by atoms with E-state index in [0.29, 0.717) is 30.5 Å². The Hall–Kier alpha value is -3.81. The molecule has 4 rings (SSSR count). The fourth-order valence-electron chi connectivity index (χ4n) is 2.83. The molecule has 3 aromatic rings. The lowest BCUT2D eigenvalue weighted by Crippen LogP contribution is -2.15. The molecule has 2 heterocycles. The Balaban J connectivity index is 1.40. The largest absolute Gasteiger partial charge is 0.486 e. The summed E-state index contributed by atoms with van der Waals surface area (Å²) in [5, 5.41) is 14.1. The van der Waals surface area contributed by atoms with Crippen LogP contribution in [-0.4, -0.2) is 43.4 Å². The van der Waals surface area contributed by atoms with Gasteiger partial charge in [0.1, 0.15) is 13.2 Å². The van der Waals surface area contributed by atoms with E-state index in [-0.39, 0.29) is 11.6 Å². The summed E-state index contributed by atoms with van der Waals surface area (Å²) in [7, 11) is 3.92. The molecule has 29 heavy (non-hydrogen) atoms. The molecule has 148 valence electrons. The van der Waals surface area contributed by atoms with Crippen LogP contribution in [0.25, 0.3) is 0 Å². The number of aromatic nitrogens is 2. The molecule has 1 aliphatic heterocycles. The zero-order valence-corrected chi connectivity index (χ0v) is 16.2. The molecule has 1 aliphatic rings. The zero-order chi connectivity index (χ0) is 20.2. The molecule has 0 radical (unpaired) electrons. The summed E-state index contributed by atoms with van der Waals surface area (Å²) in [6.45, 7) is 1.08. The highest BCUT2D eigenvalue weighted by atomic mass is 16.6. The Labute approximate surface area is 168 Å². The summed E-state index contributed by atoms with van der Waals surface area (Å²) < 4.78 is 11.1. The van der Waals surface area contributed by atoms with Crippen LogP contribution >= 0.6 is 0 Å². The smallest absolute Gasteiger partial charge is 0.276 e. The number of carbonyl (C=O) groups is 1. The lowest BCUT2D eigenvalue weighted by molar-refractivity contribution is 0.102. The number of amides is 1. The van der Waals surface area contributed by atoms with E-state index >= 15 is 0 Å². The van der Waals surface area contributed by atoms with Crippen LogP contribution in [0.4, 0.5) is 22.9 Å². The molecule has 1 aromatic heterocycles. The van der Waals surface area contributed by atoms with Crippen molar-refractivity contribution < 1.29 is 14.3 Å². The summed E-state index contributed by atoms with van der Waals surface area (Å²) in [6, 6.07) is 16.4. The number of hydrogen-bond donors (Lipinski definition) is 2. The maximum atomic E-state index is 12.4. The number of nitrogens with one attached hydrogen (secondary N) is 2. The summed E-state index contributed by atoms with van der Waals surface area (Å²) in [6.07, 6.45) is 0. The third-order valence-corrected chi connectivity index (χ3v) is 4.35. The van der Waals surface area contributed by atoms with E-state index < -0.39 is 0 Å². The van der Waals surface area contributed by atoms with Crippen molar-refractivity contribution in [3.63, 3.8) is 0 Å². The molecule has 2 aromatic carbocycles. The van der Waals surface area contributed by atoms with Gasteiger partial charge < -0.3 is 25.0 Å². The van der Waals surface area contributed by atoms with E-state index in [1.54, 1.807) is 12.1 Å². The van der Waals surface area contributed by atoms with Gasteiger partial charge in [0.2, 0.25) is 0 Å². The van der Waals surface area contributed by atoms with Gasteiger partial charge in [-0.25, -0.2) is 0 Å². The molecule has 1 amide bonds. The van der Waals surface area contributed by atoms with Crippen LogP contribution in [0.2, 0.25) is 0 Å². The van der Waals surface area contributed by atoms with Crippen LogP contribution in [-0.2, 0) is 0 Å². The predicted molar refractivity (Wildman–Crippen MR) is 111 cm³/mol. The van der Waals surface area contributed by atoms with Gasteiger partial charge >= 0.3 is 0 Å². The van der Waals surface area contributed by atoms with Gasteiger partial charge in [0.15, 0.2) is 23.0 Å². The number of nitrogens with zero attached hydrogens (tertiary/aromatic N) is 3. The molecular weight excluding hydrogens is 370 g/mol. The molecule has 0 unspecified atom stereocenters. The summed E-state index contributed by atoms with van der Waals surface area (Å²) in [5.41, 5.74) is 2.77. The fraction of sp³-hybridized carbons (Fsp3) is 0.190. The van der Waals surface area contributed by atoms with E-state index in [4.69, 9.17) is 9.47 Å². The van der Waals surface area contributed by atoms with E-state index in [2.05, 4.69) is 20.8 Å². The second-order valence-corrected chi connectivity index (χ2v) is 6.68.